The molecule has 1 aliphatic rings. The van der Waals surface area contributed by atoms with Crippen LogP contribution in [0.3, 0.4) is 0 Å². The summed E-state index contributed by atoms with van der Waals surface area (Å²) in [6.45, 7) is 3.07. The minimum Gasteiger partial charge on any atom is -0.496 e. The van der Waals surface area contributed by atoms with Gasteiger partial charge in [-0.2, -0.15) is 0 Å². The predicted molar refractivity (Wildman–Crippen MR) is 88.0 cm³/mol. The second-order valence-corrected chi connectivity index (χ2v) is 5.84. The van der Waals surface area contributed by atoms with Crippen LogP contribution in [0.25, 0.3) is 0 Å². The molecule has 0 radical (unpaired) electrons. The summed E-state index contributed by atoms with van der Waals surface area (Å²) >= 11 is 0. The fourth-order valence-electron chi connectivity index (χ4n) is 2.90. The van der Waals surface area contributed by atoms with E-state index in [-0.39, 0.29) is 5.91 Å². The molecule has 5 nitrogen and oxygen atoms in total. The maximum absolute atomic E-state index is 12.1. The van der Waals surface area contributed by atoms with Gasteiger partial charge < -0.3 is 15.4 Å². The number of rotatable bonds is 6. The van der Waals surface area contributed by atoms with Gasteiger partial charge in [0.15, 0.2) is 0 Å². The highest BCUT2D eigenvalue weighted by atomic mass is 16.5. The number of carbonyl (C=O) groups excluding carboxylic acids is 1. The molecule has 2 rings (SSSR count). The molecular weight excluding hydrogens is 278 g/mol. The van der Waals surface area contributed by atoms with E-state index in [1.165, 1.54) is 6.42 Å². The normalized spacial score (nSPS) is 18.8. The van der Waals surface area contributed by atoms with Crippen LogP contribution in [-0.4, -0.2) is 50.6 Å². The second kappa shape index (κ2) is 8.76. The minimum absolute atomic E-state index is 0.0608. The zero-order valence-electron chi connectivity index (χ0n) is 13.6. The number of benzene rings is 1. The molecule has 2 N–H and O–H groups in total. The lowest BCUT2D eigenvalue weighted by Crippen LogP contribution is -2.40. The average molecular weight is 305 g/mol. The van der Waals surface area contributed by atoms with Gasteiger partial charge >= 0.3 is 0 Å². The molecule has 1 saturated heterocycles. The largest absolute Gasteiger partial charge is 0.496 e. The maximum Gasteiger partial charge on any atom is 0.234 e. The number of hydrogen-bond acceptors (Lipinski definition) is 4. The summed E-state index contributed by atoms with van der Waals surface area (Å²) in [5, 5.41) is 6.39. The molecule has 1 unspecified atom stereocenters. The molecule has 1 aliphatic heterocycles. The number of nitrogens with one attached hydrogen (secondary N) is 2. The summed E-state index contributed by atoms with van der Waals surface area (Å²) in [7, 11) is 3.69. The lowest BCUT2D eigenvalue weighted by atomic mass is 10.1. The van der Waals surface area contributed by atoms with Crippen molar-refractivity contribution in [3.63, 3.8) is 0 Å². The summed E-state index contributed by atoms with van der Waals surface area (Å²) in [4.78, 5) is 14.3. The van der Waals surface area contributed by atoms with Crippen molar-refractivity contribution in [2.45, 2.75) is 31.8 Å². The lowest BCUT2D eigenvalue weighted by molar-refractivity contribution is -0.122. The minimum atomic E-state index is 0.0608. The smallest absolute Gasteiger partial charge is 0.234 e. The first-order chi connectivity index (χ1) is 10.7. The summed E-state index contributed by atoms with van der Waals surface area (Å²) in [6, 6.07) is 8.26. The zero-order valence-corrected chi connectivity index (χ0v) is 13.6. The third-order valence-electron chi connectivity index (χ3n) is 4.23. The molecule has 1 fully saturated rings. The van der Waals surface area contributed by atoms with Gasteiger partial charge in [-0.1, -0.05) is 18.2 Å². The van der Waals surface area contributed by atoms with Crippen LogP contribution in [0.4, 0.5) is 0 Å². The number of nitrogens with zero attached hydrogens (tertiary/aromatic N) is 1. The molecule has 5 heteroatoms. The van der Waals surface area contributed by atoms with Gasteiger partial charge in [-0.05, 0) is 45.5 Å². The van der Waals surface area contributed by atoms with Gasteiger partial charge in [0.05, 0.1) is 13.7 Å². The summed E-state index contributed by atoms with van der Waals surface area (Å²) in [6.07, 6.45) is 3.44. The van der Waals surface area contributed by atoms with Crippen LogP contribution >= 0.6 is 0 Å². The van der Waals surface area contributed by atoms with Crippen LogP contribution in [0.1, 0.15) is 24.8 Å². The van der Waals surface area contributed by atoms with Gasteiger partial charge in [-0.25, -0.2) is 0 Å². The molecule has 0 aromatic heterocycles. The molecule has 1 atom stereocenters. The second-order valence-electron chi connectivity index (χ2n) is 5.84. The Kier molecular flexibility index (Phi) is 6.68. The maximum atomic E-state index is 12.1. The Morgan fingerprint density at radius 2 is 2.18 bits per heavy atom. The Morgan fingerprint density at radius 1 is 1.36 bits per heavy atom. The van der Waals surface area contributed by atoms with Gasteiger partial charge in [-0.3, -0.25) is 9.69 Å². The highest BCUT2D eigenvalue weighted by Gasteiger charge is 2.18. The van der Waals surface area contributed by atoms with E-state index in [0.717, 1.165) is 37.2 Å². The third-order valence-corrected chi connectivity index (χ3v) is 4.23. The molecule has 1 aromatic rings. The molecule has 0 bridgehead atoms. The Hall–Kier alpha value is -1.59. The van der Waals surface area contributed by atoms with Crippen molar-refractivity contribution in [3.8, 4) is 5.75 Å². The molecule has 0 spiro atoms. The number of hydrogen-bond donors (Lipinski definition) is 2. The molecule has 1 aromatic carbocycles. The predicted octanol–water partition coefficient (Wildman–Crippen LogP) is 1.39. The molecular formula is C17H27N3O2. The molecule has 0 aliphatic carbocycles. The number of para-hydroxylation sites is 1. The molecule has 122 valence electrons. The van der Waals surface area contributed by atoms with Gasteiger partial charge in [0.25, 0.3) is 0 Å². The molecule has 22 heavy (non-hydrogen) atoms. The van der Waals surface area contributed by atoms with Crippen molar-refractivity contribution in [2.24, 2.45) is 0 Å². The Bertz CT molecular complexity index is 471. The fourth-order valence-corrected chi connectivity index (χ4v) is 2.90. The topological polar surface area (TPSA) is 53.6 Å². The number of methoxy groups -OCH3 is 1. The number of carbonyl (C=O) groups is 1. The number of likely N-dealkylation sites (N-methyl/N-ethyl adjacent to an activating group) is 1. The van der Waals surface area contributed by atoms with Crippen LogP contribution in [0.2, 0.25) is 0 Å². The van der Waals surface area contributed by atoms with Crippen LogP contribution < -0.4 is 15.4 Å². The van der Waals surface area contributed by atoms with Crippen LogP contribution in [0.15, 0.2) is 24.3 Å². The number of ether oxygens (including phenoxy) is 1. The monoisotopic (exact) mass is 305 g/mol. The van der Waals surface area contributed by atoms with Crippen molar-refractivity contribution >= 4 is 5.91 Å². The highest BCUT2D eigenvalue weighted by Crippen LogP contribution is 2.16. The van der Waals surface area contributed by atoms with Crippen LogP contribution in [-0.2, 0) is 11.3 Å². The third kappa shape index (κ3) is 5.00. The van der Waals surface area contributed by atoms with Crippen LogP contribution in [0, 0.1) is 0 Å². The van der Waals surface area contributed by atoms with Crippen LogP contribution in [0.5, 0.6) is 5.75 Å². The van der Waals surface area contributed by atoms with E-state index < -0.39 is 0 Å². The highest BCUT2D eigenvalue weighted by molar-refractivity contribution is 5.78. The summed E-state index contributed by atoms with van der Waals surface area (Å²) in [5.41, 5.74) is 1.000. The van der Waals surface area contributed by atoms with Gasteiger partial charge in [0.2, 0.25) is 5.91 Å². The van der Waals surface area contributed by atoms with E-state index in [9.17, 15) is 4.79 Å². The van der Waals surface area contributed by atoms with E-state index >= 15 is 0 Å². The Labute approximate surface area is 133 Å². The van der Waals surface area contributed by atoms with Crippen molar-refractivity contribution in [2.75, 3.05) is 33.8 Å². The van der Waals surface area contributed by atoms with E-state index in [1.807, 2.05) is 31.3 Å². The lowest BCUT2D eigenvalue weighted by Gasteiger charge is -2.26. The average Bonchev–Trinajstić information content (AvgIpc) is 2.82. The van der Waals surface area contributed by atoms with E-state index in [2.05, 4.69) is 15.5 Å². The summed E-state index contributed by atoms with van der Waals surface area (Å²) in [5.74, 6) is 0.872. The first-order valence-electron chi connectivity index (χ1n) is 8.00. The fraction of sp³-hybridized carbons (Fsp3) is 0.588. The Balaban J connectivity index is 1.79. The van der Waals surface area contributed by atoms with Crippen molar-refractivity contribution in [3.05, 3.63) is 29.8 Å². The van der Waals surface area contributed by atoms with Crippen molar-refractivity contribution < 1.29 is 9.53 Å². The van der Waals surface area contributed by atoms with Gasteiger partial charge in [0, 0.05) is 18.2 Å². The standard InChI is InChI=1S/C17H27N3O2/c1-20(15-7-5-10-18-11-9-15)13-17(21)19-12-14-6-3-4-8-16(14)22-2/h3-4,6,8,15,18H,5,7,9-13H2,1-2H3,(H,19,21). The molecule has 0 saturated carbocycles. The quantitative estimate of drug-likeness (QED) is 0.834. The van der Waals surface area contributed by atoms with Gasteiger partial charge in [0.1, 0.15) is 5.75 Å². The Morgan fingerprint density at radius 3 is 3.00 bits per heavy atom. The molecule has 1 amide bonds. The van der Waals surface area contributed by atoms with E-state index in [0.29, 0.717) is 19.1 Å². The van der Waals surface area contributed by atoms with Gasteiger partial charge in [-0.15, -0.1) is 0 Å². The SMILES string of the molecule is COc1ccccc1CNC(=O)CN(C)C1CCCNCC1. The first kappa shape index (κ1) is 16.8. The number of amides is 1. The van der Waals surface area contributed by atoms with E-state index in [4.69, 9.17) is 4.74 Å². The van der Waals surface area contributed by atoms with E-state index in [1.54, 1.807) is 7.11 Å². The van der Waals surface area contributed by atoms with Crippen molar-refractivity contribution in [1.29, 1.82) is 0 Å². The molecule has 1 heterocycles. The zero-order chi connectivity index (χ0) is 15.8. The first-order valence-corrected chi connectivity index (χ1v) is 8.00. The van der Waals surface area contributed by atoms with Crippen molar-refractivity contribution in [1.82, 2.24) is 15.5 Å². The summed E-state index contributed by atoms with van der Waals surface area (Å²) < 4.78 is 5.30.